The Labute approximate surface area is 107 Å². The molecule has 0 aromatic heterocycles. The molecule has 0 fully saturated rings. The summed E-state index contributed by atoms with van der Waals surface area (Å²) in [6.07, 6.45) is 0.335. The van der Waals surface area contributed by atoms with Crippen LogP contribution in [0.5, 0.6) is 0 Å². The topological polar surface area (TPSA) is 119 Å². The Hall–Kier alpha value is -1.15. The van der Waals surface area contributed by atoms with Gasteiger partial charge in [0, 0.05) is 12.0 Å². The van der Waals surface area contributed by atoms with Crippen LogP contribution in [0.25, 0.3) is 0 Å². The lowest BCUT2D eigenvalue weighted by Gasteiger charge is -2.17. The first-order chi connectivity index (χ1) is 7.93. The number of carboxylic acid groups (broad SMARTS) is 1. The summed E-state index contributed by atoms with van der Waals surface area (Å²) < 4.78 is 20.2. The van der Waals surface area contributed by atoms with Crippen LogP contribution >= 0.6 is 0 Å². The monoisotopic (exact) mass is 280 g/mol. The molecule has 0 saturated carbocycles. The summed E-state index contributed by atoms with van der Waals surface area (Å²) in [5.41, 5.74) is 4.56. The second kappa shape index (κ2) is 6.14. The number of carbonyl (C=O) groups is 2. The number of amides is 1. The maximum atomic E-state index is 11.9. The van der Waals surface area contributed by atoms with Crippen molar-refractivity contribution >= 4 is 21.8 Å². The van der Waals surface area contributed by atoms with E-state index < -0.39 is 33.4 Å². The van der Waals surface area contributed by atoms with Crippen LogP contribution in [-0.2, 0) is 19.3 Å². The van der Waals surface area contributed by atoms with Gasteiger partial charge in [0.25, 0.3) is 0 Å². The van der Waals surface area contributed by atoms with Crippen molar-refractivity contribution in [3.63, 3.8) is 0 Å². The molecule has 0 rings (SSSR count). The zero-order chi connectivity index (χ0) is 14.6. The predicted octanol–water partition coefficient (Wildman–Crippen LogP) is 0.821. The Morgan fingerprint density at radius 1 is 1.44 bits per heavy atom. The molecule has 8 heteroatoms. The summed E-state index contributed by atoms with van der Waals surface area (Å²) in [4.78, 5) is 21.8. The fourth-order valence-corrected chi connectivity index (χ4v) is 2.09. The predicted molar refractivity (Wildman–Crippen MR) is 67.8 cm³/mol. The highest BCUT2D eigenvalue weighted by Gasteiger charge is 2.18. The number of nitrogens with zero attached hydrogens (tertiary/aromatic N) is 1. The first kappa shape index (κ1) is 16.9. The van der Waals surface area contributed by atoms with E-state index in [1.165, 1.54) is 6.26 Å². The van der Waals surface area contributed by atoms with Gasteiger partial charge in [-0.15, -0.1) is 4.36 Å². The van der Waals surface area contributed by atoms with Gasteiger partial charge in [-0.3, -0.25) is 4.79 Å². The van der Waals surface area contributed by atoms with Gasteiger partial charge >= 0.3 is 12.1 Å². The van der Waals surface area contributed by atoms with Crippen molar-refractivity contribution in [2.75, 3.05) is 12.0 Å². The molecule has 0 aliphatic heterocycles. The van der Waals surface area contributed by atoms with E-state index >= 15 is 0 Å². The Morgan fingerprint density at radius 2 is 1.94 bits per heavy atom. The summed E-state index contributed by atoms with van der Waals surface area (Å²) in [7, 11) is -2.82. The molecule has 2 unspecified atom stereocenters. The third kappa shape index (κ3) is 8.02. The fourth-order valence-electron chi connectivity index (χ4n) is 0.953. The number of nitrogens with two attached hydrogens (primary N) is 1. The Balaban J connectivity index is 4.58. The summed E-state index contributed by atoms with van der Waals surface area (Å²) in [5.74, 6) is -1.25. The third-order valence-corrected chi connectivity index (χ3v) is 3.31. The van der Waals surface area contributed by atoms with Gasteiger partial charge in [-0.25, -0.2) is 9.00 Å². The normalized spacial score (nSPS) is 16.5. The van der Waals surface area contributed by atoms with E-state index in [4.69, 9.17) is 15.6 Å². The zero-order valence-electron chi connectivity index (χ0n) is 11.0. The van der Waals surface area contributed by atoms with Crippen LogP contribution in [-0.4, -0.2) is 45.0 Å². The highest BCUT2D eigenvalue weighted by atomic mass is 32.2. The lowest BCUT2D eigenvalue weighted by atomic mass is 10.2. The Bertz CT molecular complexity index is 432. The molecule has 2 atom stereocenters. The maximum absolute atomic E-state index is 11.9. The molecule has 0 saturated heterocycles. The Kier molecular flexibility index (Phi) is 5.75. The molecule has 0 aromatic carbocycles. The van der Waals surface area contributed by atoms with Gasteiger partial charge in [0.1, 0.15) is 11.6 Å². The largest absolute Gasteiger partial charge is 0.480 e. The number of aliphatic carboxylic acids is 1. The van der Waals surface area contributed by atoms with Gasteiger partial charge in [0.05, 0.1) is 9.73 Å². The minimum atomic E-state index is -2.82. The summed E-state index contributed by atoms with van der Waals surface area (Å²) >= 11 is 0. The van der Waals surface area contributed by atoms with E-state index in [-0.39, 0.29) is 12.2 Å². The van der Waals surface area contributed by atoms with E-state index in [9.17, 15) is 13.8 Å². The fraction of sp³-hybridized carbons (Fsp3) is 0.800. The van der Waals surface area contributed by atoms with Gasteiger partial charge in [-0.2, -0.15) is 0 Å². The van der Waals surface area contributed by atoms with E-state index in [1.54, 1.807) is 20.8 Å². The van der Waals surface area contributed by atoms with Crippen molar-refractivity contribution in [1.29, 1.82) is 0 Å². The minimum Gasteiger partial charge on any atom is -0.480 e. The number of ether oxygens (including phenoxy) is 1. The van der Waals surface area contributed by atoms with Crippen LogP contribution in [0.2, 0.25) is 0 Å². The Morgan fingerprint density at radius 3 is 2.33 bits per heavy atom. The van der Waals surface area contributed by atoms with Crippen molar-refractivity contribution in [1.82, 2.24) is 0 Å². The van der Waals surface area contributed by atoms with Gasteiger partial charge in [-0.05, 0) is 27.2 Å². The average molecular weight is 280 g/mol. The van der Waals surface area contributed by atoms with Crippen LogP contribution in [0.4, 0.5) is 4.79 Å². The van der Waals surface area contributed by atoms with Crippen LogP contribution in [0, 0.1) is 0 Å². The molecular formula is C10H20N2O5S. The summed E-state index contributed by atoms with van der Waals surface area (Å²) in [6, 6.07) is -1.11. The molecule has 0 aromatic rings. The molecule has 0 bridgehead atoms. The van der Waals surface area contributed by atoms with Crippen LogP contribution in [0.1, 0.15) is 27.2 Å². The van der Waals surface area contributed by atoms with Gasteiger partial charge in [0.15, 0.2) is 0 Å². The van der Waals surface area contributed by atoms with E-state index in [2.05, 4.69) is 4.36 Å². The number of hydrogen-bond donors (Lipinski definition) is 2. The van der Waals surface area contributed by atoms with Gasteiger partial charge in [0.2, 0.25) is 0 Å². The van der Waals surface area contributed by atoms with E-state index in [1.807, 2.05) is 0 Å². The van der Waals surface area contributed by atoms with Crippen molar-refractivity contribution in [2.24, 2.45) is 10.1 Å². The maximum Gasteiger partial charge on any atom is 0.442 e. The quantitative estimate of drug-likeness (QED) is 0.786. The average Bonchev–Trinajstić information content (AvgIpc) is 2.09. The highest BCUT2D eigenvalue weighted by Crippen LogP contribution is 2.09. The highest BCUT2D eigenvalue weighted by molar-refractivity contribution is 7.93. The zero-order valence-corrected chi connectivity index (χ0v) is 11.8. The van der Waals surface area contributed by atoms with Crippen LogP contribution < -0.4 is 5.73 Å². The molecule has 0 radical (unpaired) electrons. The smallest absolute Gasteiger partial charge is 0.442 e. The molecule has 7 nitrogen and oxygen atoms in total. The van der Waals surface area contributed by atoms with E-state index in [0.29, 0.717) is 0 Å². The molecule has 0 aliphatic rings. The minimum absolute atomic E-state index is 0.0169. The number of rotatable bonds is 4. The van der Waals surface area contributed by atoms with Gasteiger partial charge < -0.3 is 15.6 Å². The summed E-state index contributed by atoms with van der Waals surface area (Å²) in [6.45, 7) is 4.99. The lowest BCUT2D eigenvalue weighted by Crippen LogP contribution is -2.32. The second-order valence-electron chi connectivity index (χ2n) is 4.97. The molecule has 0 spiro atoms. The van der Waals surface area contributed by atoms with Crippen molar-refractivity contribution in [2.45, 2.75) is 38.8 Å². The number of carbonyl (C=O) groups excluding carboxylic acids is 1. The van der Waals surface area contributed by atoms with Crippen molar-refractivity contribution in [3.05, 3.63) is 0 Å². The first-order valence-electron chi connectivity index (χ1n) is 5.34. The second-order valence-corrected chi connectivity index (χ2v) is 7.48. The van der Waals surface area contributed by atoms with Crippen molar-refractivity contribution < 1.29 is 23.6 Å². The summed E-state index contributed by atoms with van der Waals surface area (Å²) in [5, 5.41) is 8.57. The van der Waals surface area contributed by atoms with Crippen LogP contribution in [0.15, 0.2) is 4.36 Å². The SMILES string of the molecule is CC(C)(C)OC(=O)N=S(C)(=O)CCC(N)C(=O)O. The molecule has 0 aliphatic carbocycles. The molecule has 1 amide bonds. The molecule has 18 heavy (non-hydrogen) atoms. The van der Waals surface area contributed by atoms with Gasteiger partial charge in [-0.1, -0.05) is 0 Å². The first-order valence-corrected chi connectivity index (χ1v) is 7.43. The molecule has 3 N–H and O–H groups in total. The number of carboxylic acids is 1. The standard InChI is InChI=1S/C10H20N2O5S/c1-10(2,3)17-9(15)12-18(4,16)6-5-7(11)8(13)14/h7H,5-6,11H2,1-4H3,(H,13,14). The molecule has 106 valence electrons. The van der Waals surface area contributed by atoms with Crippen molar-refractivity contribution in [3.8, 4) is 0 Å². The van der Waals surface area contributed by atoms with Crippen LogP contribution in [0.3, 0.4) is 0 Å². The van der Waals surface area contributed by atoms with E-state index in [0.717, 1.165) is 0 Å². The molecule has 0 heterocycles. The lowest BCUT2D eigenvalue weighted by molar-refractivity contribution is -0.138. The number of hydrogen-bond acceptors (Lipinski definition) is 5. The molecular weight excluding hydrogens is 260 g/mol. The third-order valence-electron chi connectivity index (χ3n) is 1.79.